The molecule has 1 aliphatic carbocycles. The van der Waals surface area contributed by atoms with Gasteiger partial charge in [-0.05, 0) is 25.7 Å². The van der Waals surface area contributed by atoms with E-state index < -0.39 is 5.54 Å². The summed E-state index contributed by atoms with van der Waals surface area (Å²) in [5.41, 5.74) is 5.90. The number of nitrogens with two attached hydrogens (primary N) is 1. The Morgan fingerprint density at radius 3 is 2.22 bits per heavy atom. The van der Waals surface area contributed by atoms with Gasteiger partial charge >= 0.3 is 0 Å². The van der Waals surface area contributed by atoms with E-state index in [0.29, 0.717) is 17.6 Å². The highest BCUT2D eigenvalue weighted by Gasteiger charge is 2.38. The summed E-state index contributed by atoms with van der Waals surface area (Å²) in [6.07, 6.45) is 6.20. The molecule has 1 heterocycles. The SMILES string of the molecule is CC(C)(C)c1nc(C(C)(N)C2CCCCC2)no1. The molecular formula is C14H25N3O. The highest BCUT2D eigenvalue weighted by molar-refractivity contribution is 5.08. The molecule has 0 spiro atoms. The summed E-state index contributed by atoms with van der Waals surface area (Å²) in [5, 5.41) is 4.12. The van der Waals surface area contributed by atoms with E-state index in [2.05, 4.69) is 30.9 Å². The summed E-state index contributed by atoms with van der Waals surface area (Å²) in [6, 6.07) is 0. The van der Waals surface area contributed by atoms with Gasteiger partial charge in [-0.2, -0.15) is 4.98 Å². The fraction of sp³-hybridized carbons (Fsp3) is 0.857. The fourth-order valence-corrected chi connectivity index (χ4v) is 2.63. The first-order valence-electron chi connectivity index (χ1n) is 6.95. The van der Waals surface area contributed by atoms with Crippen LogP contribution in [0.15, 0.2) is 4.52 Å². The summed E-state index contributed by atoms with van der Waals surface area (Å²) < 4.78 is 5.37. The number of hydrogen-bond acceptors (Lipinski definition) is 4. The van der Waals surface area contributed by atoms with Gasteiger partial charge in [0.2, 0.25) is 5.89 Å². The third-order valence-corrected chi connectivity index (χ3v) is 4.00. The van der Waals surface area contributed by atoms with Gasteiger partial charge in [0.25, 0.3) is 0 Å². The van der Waals surface area contributed by atoms with E-state index >= 15 is 0 Å². The highest BCUT2D eigenvalue weighted by Crippen LogP contribution is 2.36. The molecular weight excluding hydrogens is 226 g/mol. The molecule has 102 valence electrons. The van der Waals surface area contributed by atoms with Gasteiger partial charge in [-0.25, -0.2) is 0 Å². The number of rotatable bonds is 2. The summed E-state index contributed by atoms with van der Waals surface area (Å²) in [7, 11) is 0. The first-order chi connectivity index (χ1) is 8.32. The van der Waals surface area contributed by atoms with Gasteiger partial charge in [-0.3, -0.25) is 0 Å². The standard InChI is InChI=1S/C14H25N3O/c1-13(2,3)12-16-11(17-18-12)14(4,15)10-8-6-5-7-9-10/h10H,5-9,15H2,1-4H3. The molecule has 1 atom stereocenters. The molecule has 1 aromatic rings. The van der Waals surface area contributed by atoms with Crippen molar-refractivity contribution in [2.45, 2.75) is 70.8 Å². The lowest BCUT2D eigenvalue weighted by molar-refractivity contribution is 0.208. The maximum atomic E-state index is 6.48. The van der Waals surface area contributed by atoms with Gasteiger partial charge in [0.15, 0.2) is 5.82 Å². The molecule has 0 aliphatic heterocycles. The van der Waals surface area contributed by atoms with Crippen LogP contribution in [0.4, 0.5) is 0 Å². The van der Waals surface area contributed by atoms with Crippen molar-refractivity contribution in [3.63, 3.8) is 0 Å². The Bertz CT molecular complexity index is 397. The fourth-order valence-electron chi connectivity index (χ4n) is 2.63. The lowest BCUT2D eigenvalue weighted by Crippen LogP contribution is -2.43. The monoisotopic (exact) mass is 251 g/mol. The van der Waals surface area contributed by atoms with Crippen molar-refractivity contribution in [2.75, 3.05) is 0 Å². The first-order valence-corrected chi connectivity index (χ1v) is 6.95. The van der Waals surface area contributed by atoms with E-state index in [1.54, 1.807) is 0 Å². The van der Waals surface area contributed by atoms with Crippen molar-refractivity contribution in [1.82, 2.24) is 10.1 Å². The van der Waals surface area contributed by atoms with Crippen molar-refractivity contribution in [2.24, 2.45) is 11.7 Å². The Labute approximate surface area is 109 Å². The van der Waals surface area contributed by atoms with Crippen LogP contribution in [0.1, 0.15) is 71.5 Å². The molecule has 0 bridgehead atoms. The predicted octanol–water partition coefficient (Wildman–Crippen LogP) is 3.12. The van der Waals surface area contributed by atoms with Crippen molar-refractivity contribution in [3.05, 3.63) is 11.7 Å². The molecule has 4 heteroatoms. The Balaban J connectivity index is 2.21. The zero-order valence-corrected chi connectivity index (χ0v) is 12.0. The van der Waals surface area contributed by atoms with Gasteiger partial charge in [0.05, 0.1) is 5.54 Å². The molecule has 0 saturated heterocycles. The molecule has 2 rings (SSSR count). The van der Waals surface area contributed by atoms with E-state index in [1.165, 1.54) is 32.1 Å². The van der Waals surface area contributed by atoms with Gasteiger partial charge in [-0.1, -0.05) is 45.2 Å². The molecule has 1 saturated carbocycles. The smallest absolute Gasteiger partial charge is 0.232 e. The van der Waals surface area contributed by atoms with Crippen molar-refractivity contribution < 1.29 is 4.52 Å². The van der Waals surface area contributed by atoms with Crippen molar-refractivity contribution >= 4 is 0 Å². The summed E-state index contributed by atoms with van der Waals surface area (Å²) >= 11 is 0. The van der Waals surface area contributed by atoms with Gasteiger partial charge < -0.3 is 10.3 Å². The maximum Gasteiger partial charge on any atom is 0.232 e. The Morgan fingerprint density at radius 2 is 1.72 bits per heavy atom. The molecule has 1 fully saturated rings. The second-order valence-electron chi connectivity index (χ2n) is 6.79. The zero-order valence-electron chi connectivity index (χ0n) is 12.0. The highest BCUT2D eigenvalue weighted by atomic mass is 16.5. The van der Waals surface area contributed by atoms with Crippen LogP contribution in [0.2, 0.25) is 0 Å². The Hall–Kier alpha value is -0.900. The Kier molecular flexibility index (Phi) is 3.49. The maximum absolute atomic E-state index is 6.48. The first kappa shape index (κ1) is 13.5. The minimum Gasteiger partial charge on any atom is -0.339 e. The molecule has 2 N–H and O–H groups in total. The minimum atomic E-state index is -0.465. The normalized spacial score (nSPS) is 21.8. The van der Waals surface area contributed by atoms with Crippen molar-refractivity contribution in [3.8, 4) is 0 Å². The van der Waals surface area contributed by atoms with Crippen LogP contribution in [0.25, 0.3) is 0 Å². The van der Waals surface area contributed by atoms with Crippen LogP contribution in [0, 0.1) is 5.92 Å². The van der Waals surface area contributed by atoms with E-state index in [9.17, 15) is 0 Å². The third kappa shape index (κ3) is 2.58. The average molecular weight is 251 g/mol. The zero-order chi connectivity index (χ0) is 13.4. The minimum absolute atomic E-state index is 0.117. The summed E-state index contributed by atoms with van der Waals surface area (Å²) in [4.78, 5) is 4.53. The second-order valence-corrected chi connectivity index (χ2v) is 6.79. The topological polar surface area (TPSA) is 64.9 Å². The lowest BCUT2D eigenvalue weighted by Gasteiger charge is -2.34. The van der Waals surface area contributed by atoms with E-state index in [1.807, 2.05) is 6.92 Å². The average Bonchev–Trinajstić information content (AvgIpc) is 2.79. The van der Waals surface area contributed by atoms with Gasteiger partial charge in [0.1, 0.15) is 0 Å². The molecule has 0 amide bonds. The number of aromatic nitrogens is 2. The van der Waals surface area contributed by atoms with Crippen LogP contribution >= 0.6 is 0 Å². The van der Waals surface area contributed by atoms with E-state index in [4.69, 9.17) is 10.3 Å². The lowest BCUT2D eigenvalue weighted by atomic mass is 9.76. The van der Waals surface area contributed by atoms with Crippen LogP contribution in [0.3, 0.4) is 0 Å². The van der Waals surface area contributed by atoms with Crippen LogP contribution in [-0.4, -0.2) is 10.1 Å². The second kappa shape index (κ2) is 4.65. The molecule has 18 heavy (non-hydrogen) atoms. The summed E-state index contributed by atoms with van der Waals surface area (Å²) in [5.74, 6) is 1.81. The van der Waals surface area contributed by atoms with Crippen LogP contribution < -0.4 is 5.73 Å². The predicted molar refractivity (Wildman–Crippen MR) is 71.1 cm³/mol. The van der Waals surface area contributed by atoms with E-state index in [0.717, 1.165) is 0 Å². The quantitative estimate of drug-likeness (QED) is 0.877. The largest absolute Gasteiger partial charge is 0.339 e. The molecule has 1 aliphatic rings. The van der Waals surface area contributed by atoms with Crippen LogP contribution in [-0.2, 0) is 11.0 Å². The van der Waals surface area contributed by atoms with Crippen molar-refractivity contribution in [1.29, 1.82) is 0 Å². The molecule has 4 nitrogen and oxygen atoms in total. The molecule has 1 aromatic heterocycles. The van der Waals surface area contributed by atoms with E-state index in [-0.39, 0.29) is 5.41 Å². The summed E-state index contributed by atoms with van der Waals surface area (Å²) in [6.45, 7) is 8.25. The molecule has 0 radical (unpaired) electrons. The number of nitrogens with zero attached hydrogens (tertiary/aromatic N) is 2. The van der Waals surface area contributed by atoms with Gasteiger partial charge in [0, 0.05) is 5.41 Å². The van der Waals surface area contributed by atoms with Gasteiger partial charge in [-0.15, -0.1) is 0 Å². The Morgan fingerprint density at radius 1 is 1.11 bits per heavy atom. The molecule has 0 aromatic carbocycles. The number of hydrogen-bond donors (Lipinski definition) is 1. The van der Waals surface area contributed by atoms with Crippen LogP contribution in [0.5, 0.6) is 0 Å². The molecule has 1 unspecified atom stereocenters. The third-order valence-electron chi connectivity index (χ3n) is 4.00.